The molecule has 66 heavy (non-hydrogen) atoms. The van der Waals surface area contributed by atoms with Crippen LogP contribution < -0.4 is 9.47 Å². The van der Waals surface area contributed by atoms with Crippen molar-refractivity contribution >= 4 is 45.9 Å². The Morgan fingerprint density at radius 3 is 1.92 bits per heavy atom. The summed E-state index contributed by atoms with van der Waals surface area (Å²) >= 11 is 0. The molecule has 0 saturated heterocycles. The Kier molecular flexibility index (Phi) is 23.4. The van der Waals surface area contributed by atoms with Crippen LogP contribution in [0.3, 0.4) is 0 Å². The molecular weight excluding hydrogens is 841 g/mol. The zero-order chi connectivity index (χ0) is 47.4. The summed E-state index contributed by atoms with van der Waals surface area (Å²) in [5.41, 5.74) is 1.96. The number of hydrogen-bond acceptors (Lipinski definition) is 12. The van der Waals surface area contributed by atoms with Gasteiger partial charge < -0.3 is 37.9 Å². The summed E-state index contributed by atoms with van der Waals surface area (Å²) in [6, 6.07) is 23.2. The van der Waals surface area contributed by atoms with Gasteiger partial charge in [-0.25, -0.2) is 9.59 Å². The first-order valence-electron chi connectivity index (χ1n) is 22.5. The highest BCUT2D eigenvalue weighted by Crippen LogP contribution is 2.25. The minimum Gasteiger partial charge on any atom is -0.494 e. The highest BCUT2D eigenvalue weighted by molar-refractivity contribution is 5.96. The fourth-order valence-corrected chi connectivity index (χ4v) is 6.56. The van der Waals surface area contributed by atoms with Gasteiger partial charge in [0, 0.05) is 13.2 Å². The summed E-state index contributed by atoms with van der Waals surface area (Å²) in [7, 11) is 1.54. The summed E-state index contributed by atoms with van der Waals surface area (Å²) in [5, 5.41) is 3.89. The second kappa shape index (κ2) is 29.7. The quantitative estimate of drug-likeness (QED) is 0.00875. The number of carbonyl (C=O) groups is 4. The fourth-order valence-electron chi connectivity index (χ4n) is 6.56. The number of ether oxygens (including phenoxy) is 8. The summed E-state index contributed by atoms with van der Waals surface area (Å²) in [6.07, 6.45) is 15.6. The van der Waals surface area contributed by atoms with Crippen LogP contribution >= 0.6 is 0 Å². The molecule has 0 aliphatic carbocycles. The lowest BCUT2D eigenvalue weighted by atomic mass is 10.1. The highest BCUT2D eigenvalue weighted by Gasteiger charge is 2.16. The van der Waals surface area contributed by atoms with Gasteiger partial charge in [-0.1, -0.05) is 56.5 Å². The standard InChI is InChI=1S/C54H64O12/c1-6-52(56)63-30-14-10-9-13-29-61-50-25-21-44-34-43(17-18-46(44)36-50)38-65-42(4)33-40(2)15-23-49(24-16-41(3)53(57)64-32-31-59-5)66-54(58)48-20-19-47-37-51(26-22-45(47)35-48)62-28-12-8-7-11-27-60-39-55/h6,15,17-26,33-37,39,41H,1-2,7-14,16,27-32,38H2,3-5H3/b23-15-,42-33+,49-24+. The minimum absolute atomic E-state index is 0.148. The maximum atomic E-state index is 13.5. The van der Waals surface area contributed by atoms with Crippen LogP contribution in [-0.4, -0.2) is 71.1 Å². The molecule has 0 bridgehead atoms. The molecule has 4 aromatic rings. The Hall–Kier alpha value is -6.66. The number of allylic oxidation sites excluding steroid dienone is 6. The van der Waals surface area contributed by atoms with Gasteiger partial charge in [0.2, 0.25) is 0 Å². The summed E-state index contributed by atoms with van der Waals surface area (Å²) in [6.45, 7) is 14.4. The molecule has 352 valence electrons. The molecule has 12 nitrogen and oxygen atoms in total. The van der Waals surface area contributed by atoms with Crippen molar-refractivity contribution in [3.05, 3.63) is 145 Å². The Morgan fingerprint density at radius 1 is 0.667 bits per heavy atom. The molecule has 1 unspecified atom stereocenters. The molecule has 0 saturated carbocycles. The van der Waals surface area contributed by atoms with Crippen LogP contribution in [0.5, 0.6) is 11.5 Å². The van der Waals surface area contributed by atoms with Crippen molar-refractivity contribution in [2.45, 2.75) is 78.2 Å². The van der Waals surface area contributed by atoms with E-state index >= 15 is 0 Å². The largest absolute Gasteiger partial charge is 0.494 e. The molecule has 4 aromatic carbocycles. The average Bonchev–Trinajstić information content (AvgIpc) is 3.32. The van der Waals surface area contributed by atoms with Gasteiger partial charge in [0.25, 0.3) is 6.47 Å². The fraction of sp³-hybridized carbons (Fsp3) is 0.370. The van der Waals surface area contributed by atoms with E-state index in [1.165, 1.54) is 13.2 Å². The lowest BCUT2D eigenvalue weighted by molar-refractivity contribution is -0.149. The van der Waals surface area contributed by atoms with Gasteiger partial charge in [-0.2, -0.15) is 0 Å². The average molecular weight is 905 g/mol. The second-order valence-corrected chi connectivity index (χ2v) is 15.7. The third kappa shape index (κ3) is 19.6. The van der Waals surface area contributed by atoms with E-state index in [1.807, 2.05) is 61.5 Å². The van der Waals surface area contributed by atoms with Crippen molar-refractivity contribution in [1.82, 2.24) is 0 Å². The van der Waals surface area contributed by atoms with Gasteiger partial charge in [-0.05, 0) is 158 Å². The van der Waals surface area contributed by atoms with Gasteiger partial charge in [-0.15, -0.1) is 0 Å². The molecule has 0 aliphatic rings. The van der Waals surface area contributed by atoms with E-state index in [2.05, 4.69) is 19.2 Å². The number of methoxy groups -OCH3 is 1. The van der Waals surface area contributed by atoms with Crippen LogP contribution in [0.1, 0.15) is 87.6 Å². The van der Waals surface area contributed by atoms with Gasteiger partial charge in [-0.3, -0.25) is 9.59 Å². The molecule has 0 N–H and O–H groups in total. The maximum absolute atomic E-state index is 13.5. The molecule has 0 radical (unpaired) electrons. The van der Waals surface area contributed by atoms with Crippen LogP contribution in [0.4, 0.5) is 0 Å². The van der Waals surface area contributed by atoms with Crippen molar-refractivity contribution in [1.29, 1.82) is 0 Å². The van der Waals surface area contributed by atoms with Gasteiger partial charge >= 0.3 is 17.9 Å². The molecule has 0 amide bonds. The number of fused-ring (bicyclic) bond motifs is 2. The van der Waals surface area contributed by atoms with Crippen LogP contribution in [0.15, 0.2) is 133 Å². The summed E-state index contributed by atoms with van der Waals surface area (Å²) < 4.78 is 43.9. The number of esters is 3. The topological polar surface area (TPSA) is 142 Å². The lowest BCUT2D eigenvalue weighted by Crippen LogP contribution is -2.17. The first kappa shape index (κ1) is 52.0. The Balaban J connectivity index is 1.32. The van der Waals surface area contributed by atoms with Gasteiger partial charge in [0.15, 0.2) is 0 Å². The molecule has 0 spiro atoms. The van der Waals surface area contributed by atoms with Crippen molar-refractivity contribution < 1.29 is 57.1 Å². The van der Waals surface area contributed by atoms with E-state index < -0.39 is 11.9 Å². The number of carbonyl (C=O) groups excluding carboxylic acids is 4. The molecule has 0 fully saturated rings. The molecule has 1 atom stereocenters. The Morgan fingerprint density at radius 2 is 1.27 bits per heavy atom. The molecule has 0 aromatic heterocycles. The Bertz CT molecular complexity index is 2310. The first-order chi connectivity index (χ1) is 32.1. The number of hydrogen-bond donors (Lipinski definition) is 0. The van der Waals surface area contributed by atoms with Crippen molar-refractivity contribution in [2.75, 3.05) is 46.8 Å². The lowest BCUT2D eigenvalue weighted by Gasteiger charge is -2.11. The van der Waals surface area contributed by atoms with E-state index in [0.717, 1.165) is 90.0 Å². The third-order valence-electron chi connectivity index (χ3n) is 10.3. The summed E-state index contributed by atoms with van der Waals surface area (Å²) in [4.78, 5) is 47.5. The predicted molar refractivity (Wildman–Crippen MR) is 256 cm³/mol. The van der Waals surface area contributed by atoms with Crippen LogP contribution in [0.2, 0.25) is 0 Å². The first-order valence-corrected chi connectivity index (χ1v) is 22.5. The van der Waals surface area contributed by atoms with Crippen molar-refractivity contribution in [3.63, 3.8) is 0 Å². The molecule has 12 heteroatoms. The van der Waals surface area contributed by atoms with E-state index in [1.54, 1.807) is 43.4 Å². The van der Waals surface area contributed by atoms with Crippen LogP contribution in [0.25, 0.3) is 21.5 Å². The summed E-state index contributed by atoms with van der Waals surface area (Å²) in [5.74, 6) is 0.608. The third-order valence-corrected chi connectivity index (χ3v) is 10.3. The molecule has 0 heterocycles. The number of unbranched alkanes of at least 4 members (excludes halogenated alkanes) is 6. The van der Waals surface area contributed by atoms with E-state index in [9.17, 15) is 19.2 Å². The number of rotatable bonds is 32. The van der Waals surface area contributed by atoms with E-state index in [0.29, 0.717) is 63.0 Å². The van der Waals surface area contributed by atoms with E-state index in [-0.39, 0.29) is 30.7 Å². The zero-order valence-electron chi connectivity index (χ0n) is 38.6. The van der Waals surface area contributed by atoms with Crippen LogP contribution in [-0.2, 0) is 49.4 Å². The minimum atomic E-state index is -0.559. The van der Waals surface area contributed by atoms with E-state index in [4.69, 9.17) is 37.9 Å². The normalized spacial score (nSPS) is 12.1. The predicted octanol–water partition coefficient (Wildman–Crippen LogP) is 11.3. The molecule has 4 rings (SSSR count). The van der Waals surface area contributed by atoms with Gasteiger partial charge in [0.05, 0.1) is 50.3 Å². The van der Waals surface area contributed by atoms with Crippen molar-refractivity contribution in [3.8, 4) is 11.5 Å². The highest BCUT2D eigenvalue weighted by atomic mass is 16.6. The van der Waals surface area contributed by atoms with Gasteiger partial charge in [0.1, 0.15) is 30.5 Å². The monoisotopic (exact) mass is 904 g/mol. The maximum Gasteiger partial charge on any atom is 0.343 e. The smallest absolute Gasteiger partial charge is 0.343 e. The second-order valence-electron chi connectivity index (χ2n) is 15.7. The number of benzene rings is 4. The zero-order valence-corrected chi connectivity index (χ0v) is 38.6. The SMILES string of the molecule is C=CC(=O)OCCCCCCOc1ccc2cc(CO/C(C)=C/C(=C)/C=C\C(=C/CC(C)C(=O)OCCOC)OC(=O)c3ccc4cc(OCCCCCCOC=O)ccc4c3)ccc2c1. The molecule has 0 aliphatic heterocycles. The van der Waals surface area contributed by atoms with Crippen LogP contribution in [0, 0.1) is 5.92 Å². The Labute approximate surface area is 388 Å². The molecular formula is C54H64O12. The van der Waals surface area contributed by atoms with Crippen molar-refractivity contribution in [2.24, 2.45) is 5.92 Å².